The number of rotatable bonds is 9. The van der Waals surface area contributed by atoms with Crippen LogP contribution in [0.3, 0.4) is 0 Å². The Hall–Kier alpha value is -3.08. The summed E-state index contributed by atoms with van der Waals surface area (Å²) >= 11 is 1.04. The van der Waals surface area contributed by atoms with Crippen LogP contribution in [0.4, 0.5) is 10.7 Å². The van der Waals surface area contributed by atoms with Crippen LogP contribution in [0.1, 0.15) is 63.7 Å². The van der Waals surface area contributed by atoms with Crippen LogP contribution >= 0.6 is 11.3 Å². The van der Waals surface area contributed by atoms with Gasteiger partial charge in [0.05, 0.1) is 22.0 Å². The van der Waals surface area contributed by atoms with E-state index in [9.17, 15) is 24.5 Å². The topological polar surface area (TPSA) is 133 Å². The van der Waals surface area contributed by atoms with Gasteiger partial charge in [0, 0.05) is 13.0 Å². The van der Waals surface area contributed by atoms with Crippen LogP contribution in [0.5, 0.6) is 0 Å². The smallest absolute Gasteiger partial charge is 0.341 e. The number of ketones is 1. The molecule has 2 aromatic heterocycles. The maximum atomic E-state index is 12.4. The lowest BCUT2D eigenvalue weighted by Gasteiger charge is -2.07. The summed E-state index contributed by atoms with van der Waals surface area (Å²) < 4.78 is 6.56. The van der Waals surface area contributed by atoms with Crippen molar-refractivity contribution in [2.75, 3.05) is 11.9 Å². The van der Waals surface area contributed by atoms with Crippen molar-refractivity contribution in [1.82, 2.24) is 9.78 Å². The molecular formula is C19H24N4O6S. The molecule has 0 aliphatic rings. The summed E-state index contributed by atoms with van der Waals surface area (Å²) in [5.41, 5.74) is 1.41. The van der Waals surface area contributed by atoms with Crippen LogP contribution in [0, 0.1) is 30.9 Å². The number of hydrogen-bond acceptors (Lipinski definition) is 8. The summed E-state index contributed by atoms with van der Waals surface area (Å²) in [4.78, 5) is 47.5. The van der Waals surface area contributed by atoms with Gasteiger partial charge in [-0.15, -0.1) is 11.3 Å². The first-order valence-electron chi connectivity index (χ1n) is 9.38. The molecule has 162 valence electrons. The average Bonchev–Trinajstić information content (AvgIpc) is 3.11. The minimum atomic E-state index is -0.594. The second-order valence-corrected chi connectivity index (χ2v) is 7.71. The van der Waals surface area contributed by atoms with E-state index in [0.29, 0.717) is 34.8 Å². The second kappa shape index (κ2) is 9.61. The maximum Gasteiger partial charge on any atom is 0.341 e. The molecule has 0 saturated heterocycles. The zero-order chi connectivity index (χ0) is 22.6. The third kappa shape index (κ3) is 4.90. The molecule has 2 heterocycles. The molecule has 0 atom stereocenters. The first-order valence-corrected chi connectivity index (χ1v) is 10.2. The molecule has 0 fully saturated rings. The number of aromatic nitrogens is 2. The monoisotopic (exact) mass is 436 g/mol. The van der Waals surface area contributed by atoms with Crippen LogP contribution in [0.25, 0.3) is 0 Å². The number of Topliss-reactive ketones (excluding diaryl/α,β-unsaturated/α-hetero) is 1. The minimum Gasteiger partial charge on any atom is -0.462 e. The number of nitro groups is 1. The summed E-state index contributed by atoms with van der Waals surface area (Å²) in [6, 6.07) is 0. The van der Waals surface area contributed by atoms with Gasteiger partial charge < -0.3 is 10.1 Å². The summed E-state index contributed by atoms with van der Waals surface area (Å²) in [6.07, 6.45) is 0.504. The fraction of sp³-hybridized carbons (Fsp3) is 0.474. The van der Waals surface area contributed by atoms with Gasteiger partial charge in [0.2, 0.25) is 5.91 Å². The van der Waals surface area contributed by atoms with Gasteiger partial charge in [-0.2, -0.15) is 5.10 Å². The molecular weight excluding hydrogens is 412 g/mol. The molecule has 0 aliphatic carbocycles. The zero-order valence-corrected chi connectivity index (χ0v) is 18.3. The van der Waals surface area contributed by atoms with Gasteiger partial charge in [-0.1, -0.05) is 0 Å². The predicted octanol–water partition coefficient (Wildman–Crippen LogP) is 3.58. The summed E-state index contributed by atoms with van der Waals surface area (Å²) in [5.74, 6) is -1.13. The van der Waals surface area contributed by atoms with E-state index in [1.165, 1.54) is 11.6 Å². The molecule has 0 radical (unpaired) electrons. The molecule has 0 bridgehead atoms. The van der Waals surface area contributed by atoms with Crippen LogP contribution in [-0.4, -0.2) is 39.0 Å². The molecule has 0 unspecified atom stereocenters. The normalized spacial score (nSPS) is 10.7. The molecule has 2 rings (SSSR count). The molecule has 1 amide bonds. The van der Waals surface area contributed by atoms with Crippen molar-refractivity contribution >= 4 is 39.7 Å². The lowest BCUT2D eigenvalue weighted by molar-refractivity contribution is -0.386. The fourth-order valence-electron chi connectivity index (χ4n) is 3.13. The van der Waals surface area contributed by atoms with E-state index in [4.69, 9.17) is 4.74 Å². The van der Waals surface area contributed by atoms with Gasteiger partial charge in [0.1, 0.15) is 16.4 Å². The Kier molecular flexibility index (Phi) is 7.43. The highest BCUT2D eigenvalue weighted by Crippen LogP contribution is 2.34. The van der Waals surface area contributed by atoms with Crippen LogP contribution in [0.15, 0.2) is 0 Å². The SMILES string of the molecule is CCOC(=O)c1c(NC(=O)CCCn2nc(C)c([N+](=O)[O-])c2C)sc(C(C)=O)c1C. The van der Waals surface area contributed by atoms with E-state index < -0.39 is 10.9 Å². The molecule has 0 aliphatic heterocycles. The third-order valence-corrected chi connectivity index (χ3v) is 5.81. The maximum absolute atomic E-state index is 12.4. The number of ether oxygens (including phenoxy) is 1. The third-order valence-electron chi connectivity index (χ3n) is 4.50. The van der Waals surface area contributed by atoms with E-state index >= 15 is 0 Å². The van der Waals surface area contributed by atoms with Crippen molar-refractivity contribution in [3.63, 3.8) is 0 Å². The Labute approximate surface area is 177 Å². The number of amides is 1. The van der Waals surface area contributed by atoms with Crippen molar-refractivity contribution < 1.29 is 24.0 Å². The largest absolute Gasteiger partial charge is 0.462 e. The number of nitrogens with one attached hydrogen (secondary N) is 1. The van der Waals surface area contributed by atoms with Gasteiger partial charge in [0.25, 0.3) is 0 Å². The molecule has 0 saturated carbocycles. The number of esters is 1. The standard InChI is InChI=1S/C19H24N4O6S/c1-6-29-19(26)15-10(2)17(13(5)24)30-18(15)20-14(25)8-7-9-22-12(4)16(23(27)28)11(3)21-22/h6-9H2,1-5H3,(H,20,25). The van der Waals surface area contributed by atoms with Gasteiger partial charge >= 0.3 is 11.7 Å². The lowest BCUT2D eigenvalue weighted by Crippen LogP contribution is -2.15. The highest BCUT2D eigenvalue weighted by molar-refractivity contribution is 7.18. The van der Waals surface area contributed by atoms with Crippen molar-refractivity contribution in [2.24, 2.45) is 0 Å². The molecule has 0 aromatic carbocycles. The highest BCUT2D eigenvalue weighted by atomic mass is 32.1. The first kappa shape index (κ1) is 23.2. The van der Waals surface area contributed by atoms with Gasteiger partial charge in [-0.25, -0.2) is 4.79 Å². The Morgan fingerprint density at radius 3 is 2.47 bits per heavy atom. The number of thiophene rings is 1. The molecule has 0 spiro atoms. The predicted molar refractivity (Wildman–Crippen MR) is 111 cm³/mol. The van der Waals surface area contributed by atoms with E-state index in [1.54, 1.807) is 27.7 Å². The Morgan fingerprint density at radius 2 is 1.93 bits per heavy atom. The highest BCUT2D eigenvalue weighted by Gasteiger charge is 2.25. The molecule has 2 aromatic rings. The van der Waals surface area contributed by atoms with Crippen molar-refractivity contribution in [3.8, 4) is 0 Å². The molecule has 1 N–H and O–H groups in total. The quantitative estimate of drug-likeness (QED) is 0.275. The second-order valence-electron chi connectivity index (χ2n) is 6.69. The number of carbonyl (C=O) groups is 3. The minimum absolute atomic E-state index is 0.0237. The summed E-state index contributed by atoms with van der Waals surface area (Å²) in [7, 11) is 0. The van der Waals surface area contributed by atoms with Crippen LogP contribution < -0.4 is 5.32 Å². The van der Waals surface area contributed by atoms with E-state index in [1.807, 2.05) is 0 Å². The van der Waals surface area contributed by atoms with Crippen molar-refractivity contribution in [3.05, 3.63) is 37.5 Å². The van der Waals surface area contributed by atoms with Gasteiger partial charge in [0.15, 0.2) is 5.78 Å². The van der Waals surface area contributed by atoms with Crippen LogP contribution in [0.2, 0.25) is 0 Å². The average molecular weight is 436 g/mol. The molecule has 30 heavy (non-hydrogen) atoms. The fourth-order valence-corrected chi connectivity index (χ4v) is 4.24. The Morgan fingerprint density at radius 1 is 1.27 bits per heavy atom. The number of hydrogen-bond donors (Lipinski definition) is 1. The number of aryl methyl sites for hydroxylation is 2. The summed E-state index contributed by atoms with van der Waals surface area (Å²) in [6.45, 7) is 8.40. The Bertz CT molecular complexity index is 1010. The molecule has 11 heteroatoms. The number of nitrogens with zero attached hydrogens (tertiary/aromatic N) is 3. The number of anilines is 1. The van der Waals surface area contributed by atoms with E-state index in [-0.39, 0.29) is 41.0 Å². The lowest BCUT2D eigenvalue weighted by atomic mass is 10.1. The van der Waals surface area contributed by atoms with E-state index in [2.05, 4.69) is 10.4 Å². The summed E-state index contributed by atoms with van der Waals surface area (Å²) in [5, 5.41) is 18.2. The van der Waals surface area contributed by atoms with Gasteiger partial charge in [-0.05, 0) is 46.6 Å². The van der Waals surface area contributed by atoms with Crippen molar-refractivity contribution in [2.45, 2.75) is 54.0 Å². The molecule has 10 nitrogen and oxygen atoms in total. The first-order chi connectivity index (χ1) is 14.1. The Balaban J connectivity index is 2.09. The zero-order valence-electron chi connectivity index (χ0n) is 17.5. The number of carbonyl (C=O) groups excluding carboxylic acids is 3. The van der Waals surface area contributed by atoms with Crippen molar-refractivity contribution in [1.29, 1.82) is 0 Å². The van der Waals surface area contributed by atoms with Crippen LogP contribution in [-0.2, 0) is 16.1 Å². The van der Waals surface area contributed by atoms with E-state index in [0.717, 1.165) is 11.3 Å². The van der Waals surface area contributed by atoms with Gasteiger partial charge in [-0.3, -0.25) is 24.4 Å².